The van der Waals surface area contributed by atoms with Gasteiger partial charge < -0.3 is 5.43 Å². The first kappa shape index (κ1) is 9.73. The molecule has 0 saturated heterocycles. The number of halogens is 4. The molecule has 0 spiro atoms. The molecule has 0 amide bonds. The summed E-state index contributed by atoms with van der Waals surface area (Å²) in [5, 5.41) is 3.29. The highest BCUT2D eigenvalue weighted by Crippen LogP contribution is 2.46. The Morgan fingerprint density at radius 1 is 1.50 bits per heavy atom. The standard InChI is InChI=1S/C8H10F4N2/c1-3-2-4-5(7(9)10)13-14-6(4)8(3,11)12/h3-4,6-7,14H,2H2,1H3. The van der Waals surface area contributed by atoms with Crippen molar-refractivity contribution in [1.29, 1.82) is 0 Å². The quantitative estimate of drug-likeness (QED) is 0.656. The second-order valence-electron chi connectivity index (χ2n) is 3.86. The maximum absolute atomic E-state index is 13.3. The van der Waals surface area contributed by atoms with Crippen LogP contribution in [0.3, 0.4) is 0 Å². The summed E-state index contributed by atoms with van der Waals surface area (Å²) in [7, 11) is 0. The van der Waals surface area contributed by atoms with Gasteiger partial charge in [0.25, 0.3) is 12.3 Å². The number of fused-ring (bicyclic) bond motifs is 1. The molecule has 1 saturated carbocycles. The third-order valence-corrected chi connectivity index (χ3v) is 3.02. The van der Waals surface area contributed by atoms with Gasteiger partial charge in [-0.05, 0) is 6.42 Å². The summed E-state index contributed by atoms with van der Waals surface area (Å²) < 4.78 is 51.4. The Labute approximate surface area is 78.4 Å². The van der Waals surface area contributed by atoms with Crippen LogP contribution in [-0.2, 0) is 0 Å². The molecule has 2 nitrogen and oxygen atoms in total. The summed E-state index contributed by atoms with van der Waals surface area (Å²) in [6.45, 7) is 1.38. The van der Waals surface area contributed by atoms with Crippen LogP contribution < -0.4 is 5.43 Å². The van der Waals surface area contributed by atoms with Crippen molar-refractivity contribution in [3.05, 3.63) is 0 Å². The van der Waals surface area contributed by atoms with E-state index in [9.17, 15) is 17.6 Å². The summed E-state index contributed by atoms with van der Waals surface area (Å²) in [5.41, 5.74) is 1.71. The molecule has 14 heavy (non-hydrogen) atoms. The average Bonchev–Trinajstić information content (AvgIpc) is 2.55. The van der Waals surface area contributed by atoms with Crippen molar-refractivity contribution in [1.82, 2.24) is 5.43 Å². The van der Waals surface area contributed by atoms with Gasteiger partial charge in [0, 0.05) is 11.8 Å². The van der Waals surface area contributed by atoms with Crippen molar-refractivity contribution < 1.29 is 17.6 Å². The molecule has 0 radical (unpaired) electrons. The van der Waals surface area contributed by atoms with Crippen molar-refractivity contribution in [2.45, 2.75) is 31.7 Å². The summed E-state index contributed by atoms with van der Waals surface area (Å²) in [6.07, 6.45) is -2.66. The van der Waals surface area contributed by atoms with Crippen molar-refractivity contribution in [3.63, 3.8) is 0 Å². The molecule has 1 aliphatic carbocycles. The summed E-state index contributed by atoms with van der Waals surface area (Å²) >= 11 is 0. The van der Waals surface area contributed by atoms with Gasteiger partial charge in [-0.25, -0.2) is 17.6 Å². The van der Waals surface area contributed by atoms with Crippen LogP contribution in [0.2, 0.25) is 0 Å². The predicted octanol–water partition coefficient (Wildman–Crippen LogP) is 1.87. The molecule has 0 aromatic carbocycles. The Morgan fingerprint density at radius 2 is 2.14 bits per heavy atom. The van der Waals surface area contributed by atoms with Crippen molar-refractivity contribution in [3.8, 4) is 0 Å². The van der Waals surface area contributed by atoms with Gasteiger partial charge in [0.2, 0.25) is 0 Å². The first-order valence-corrected chi connectivity index (χ1v) is 4.43. The molecule has 1 fully saturated rings. The van der Waals surface area contributed by atoms with E-state index in [1.54, 1.807) is 0 Å². The fourth-order valence-electron chi connectivity index (χ4n) is 2.15. The van der Waals surface area contributed by atoms with E-state index in [1.807, 2.05) is 0 Å². The van der Waals surface area contributed by atoms with Crippen LogP contribution in [0.4, 0.5) is 17.6 Å². The molecule has 3 unspecified atom stereocenters. The SMILES string of the molecule is CC1CC2C(C(F)F)=NNC2C1(F)F. The molecule has 1 N–H and O–H groups in total. The van der Waals surface area contributed by atoms with E-state index in [1.165, 1.54) is 6.92 Å². The van der Waals surface area contributed by atoms with E-state index in [4.69, 9.17) is 0 Å². The second kappa shape index (κ2) is 2.84. The van der Waals surface area contributed by atoms with Crippen LogP contribution in [0.15, 0.2) is 5.10 Å². The Morgan fingerprint density at radius 3 is 2.71 bits per heavy atom. The molecule has 6 heteroatoms. The fourth-order valence-corrected chi connectivity index (χ4v) is 2.15. The Balaban J connectivity index is 2.22. The van der Waals surface area contributed by atoms with Gasteiger partial charge in [-0.3, -0.25) is 0 Å². The molecule has 2 rings (SSSR count). The van der Waals surface area contributed by atoms with Crippen molar-refractivity contribution in [2.75, 3.05) is 0 Å². The minimum absolute atomic E-state index is 0.0772. The van der Waals surface area contributed by atoms with E-state index in [0.29, 0.717) is 0 Å². The van der Waals surface area contributed by atoms with Gasteiger partial charge >= 0.3 is 0 Å². The fraction of sp³-hybridized carbons (Fsp3) is 0.875. The van der Waals surface area contributed by atoms with E-state index in [2.05, 4.69) is 10.5 Å². The van der Waals surface area contributed by atoms with Crippen LogP contribution in [-0.4, -0.2) is 24.1 Å². The number of hydrogen-bond acceptors (Lipinski definition) is 2. The number of nitrogens with zero attached hydrogens (tertiary/aromatic N) is 1. The Hall–Kier alpha value is -0.810. The molecule has 0 bridgehead atoms. The van der Waals surface area contributed by atoms with Gasteiger partial charge in [-0.1, -0.05) is 6.92 Å². The van der Waals surface area contributed by atoms with Crippen molar-refractivity contribution >= 4 is 5.71 Å². The average molecular weight is 210 g/mol. The number of nitrogens with one attached hydrogen (secondary N) is 1. The molecule has 1 aliphatic heterocycles. The summed E-state index contributed by atoms with van der Waals surface area (Å²) in [5.74, 6) is -4.61. The van der Waals surface area contributed by atoms with Crippen LogP contribution in [0, 0.1) is 11.8 Å². The summed E-state index contributed by atoms with van der Waals surface area (Å²) in [4.78, 5) is 0. The van der Waals surface area contributed by atoms with E-state index >= 15 is 0 Å². The second-order valence-corrected chi connectivity index (χ2v) is 3.86. The van der Waals surface area contributed by atoms with E-state index in [-0.39, 0.29) is 6.42 Å². The zero-order valence-corrected chi connectivity index (χ0v) is 7.48. The maximum Gasteiger partial charge on any atom is 0.278 e. The third kappa shape index (κ3) is 1.12. The largest absolute Gasteiger partial charge is 0.300 e. The molecule has 80 valence electrons. The maximum atomic E-state index is 13.3. The molecule has 0 aromatic heterocycles. The molecule has 0 aromatic rings. The van der Waals surface area contributed by atoms with Gasteiger partial charge in [0.15, 0.2) is 0 Å². The third-order valence-electron chi connectivity index (χ3n) is 3.02. The highest BCUT2D eigenvalue weighted by atomic mass is 19.3. The zero-order valence-electron chi connectivity index (χ0n) is 7.48. The summed E-state index contributed by atoms with van der Waals surface area (Å²) in [6, 6.07) is -1.23. The lowest BCUT2D eigenvalue weighted by molar-refractivity contribution is -0.0530. The lowest BCUT2D eigenvalue weighted by Crippen LogP contribution is -2.42. The van der Waals surface area contributed by atoms with Crippen LogP contribution in [0.25, 0.3) is 0 Å². The number of alkyl halides is 4. The highest BCUT2D eigenvalue weighted by Gasteiger charge is 2.59. The Kier molecular flexibility index (Phi) is 1.97. The minimum Gasteiger partial charge on any atom is -0.300 e. The number of rotatable bonds is 1. The molecular weight excluding hydrogens is 200 g/mol. The lowest BCUT2D eigenvalue weighted by Gasteiger charge is -2.20. The monoisotopic (exact) mass is 210 g/mol. The molecule has 2 aliphatic rings. The van der Waals surface area contributed by atoms with Crippen LogP contribution >= 0.6 is 0 Å². The molecule has 3 atom stereocenters. The normalized spacial score (nSPS) is 39.6. The lowest BCUT2D eigenvalue weighted by atomic mass is 9.99. The highest BCUT2D eigenvalue weighted by molar-refractivity contribution is 5.92. The number of hydrazone groups is 1. The topological polar surface area (TPSA) is 24.4 Å². The first-order valence-electron chi connectivity index (χ1n) is 4.43. The van der Waals surface area contributed by atoms with E-state index in [0.717, 1.165) is 0 Å². The van der Waals surface area contributed by atoms with Gasteiger partial charge in [0.1, 0.15) is 11.8 Å². The van der Waals surface area contributed by atoms with Gasteiger partial charge in [-0.15, -0.1) is 0 Å². The smallest absolute Gasteiger partial charge is 0.278 e. The van der Waals surface area contributed by atoms with Crippen LogP contribution in [0.1, 0.15) is 13.3 Å². The number of hydrogen-bond donors (Lipinski definition) is 1. The minimum atomic E-state index is -2.94. The van der Waals surface area contributed by atoms with Crippen molar-refractivity contribution in [2.24, 2.45) is 16.9 Å². The zero-order chi connectivity index (χ0) is 10.5. The predicted molar refractivity (Wildman–Crippen MR) is 42.6 cm³/mol. The van der Waals surface area contributed by atoms with Gasteiger partial charge in [-0.2, -0.15) is 5.10 Å². The van der Waals surface area contributed by atoms with Crippen LogP contribution in [0.5, 0.6) is 0 Å². The Bertz CT molecular complexity index is 277. The van der Waals surface area contributed by atoms with E-state index < -0.39 is 35.9 Å². The first-order chi connectivity index (χ1) is 6.44. The van der Waals surface area contributed by atoms with Gasteiger partial charge in [0.05, 0.1) is 0 Å². The molecular formula is C8H10F4N2. The molecule has 1 heterocycles.